The van der Waals surface area contributed by atoms with Crippen LogP contribution in [0.15, 0.2) is 24.3 Å². The van der Waals surface area contributed by atoms with Crippen LogP contribution in [0, 0.1) is 0 Å². The van der Waals surface area contributed by atoms with Crippen molar-refractivity contribution in [2.45, 2.75) is 212 Å². The van der Waals surface area contributed by atoms with Gasteiger partial charge in [0.05, 0.1) is 38.6 Å². The van der Waals surface area contributed by atoms with Crippen molar-refractivity contribution < 1.29 is 48.3 Å². The molecular weight excluding hydrogens is 712 g/mol. The summed E-state index contributed by atoms with van der Waals surface area (Å²) >= 11 is 0. The number of allylic oxidation sites excluding steroid dienone is 2. The van der Waals surface area contributed by atoms with Gasteiger partial charge in [0.1, 0.15) is 13.2 Å². The Labute approximate surface area is 341 Å². The Morgan fingerprint density at radius 1 is 0.482 bits per heavy atom. The van der Waals surface area contributed by atoms with E-state index < -0.39 is 12.1 Å². The molecular formula is C46H84O10. The van der Waals surface area contributed by atoms with E-state index in [1.807, 2.05) is 0 Å². The van der Waals surface area contributed by atoms with Crippen molar-refractivity contribution in [1.82, 2.24) is 0 Å². The second kappa shape index (κ2) is 42.3. The molecule has 3 atom stereocenters. The van der Waals surface area contributed by atoms with E-state index >= 15 is 0 Å². The van der Waals surface area contributed by atoms with Gasteiger partial charge in [-0.25, -0.2) is 0 Å². The fourth-order valence-electron chi connectivity index (χ4n) is 6.34. The van der Waals surface area contributed by atoms with Crippen molar-refractivity contribution in [2.24, 2.45) is 0 Å². The molecule has 0 spiro atoms. The highest BCUT2D eigenvalue weighted by molar-refractivity contribution is 5.71. The highest BCUT2D eigenvalue weighted by atomic mass is 16.6. The van der Waals surface area contributed by atoms with Crippen molar-refractivity contribution >= 4 is 17.9 Å². The van der Waals surface area contributed by atoms with Crippen LogP contribution in [-0.4, -0.2) is 86.1 Å². The number of aliphatic hydroxyl groups is 2. The van der Waals surface area contributed by atoms with Gasteiger partial charge in [0.2, 0.25) is 0 Å². The van der Waals surface area contributed by atoms with Gasteiger partial charge in [-0.1, -0.05) is 135 Å². The van der Waals surface area contributed by atoms with E-state index in [4.69, 9.17) is 33.9 Å². The molecule has 0 rings (SSSR count). The summed E-state index contributed by atoms with van der Waals surface area (Å²) in [5.74, 6) is -1.11. The Hall–Kier alpha value is -2.27. The van der Waals surface area contributed by atoms with E-state index in [9.17, 15) is 14.4 Å². The molecule has 10 heteroatoms. The van der Waals surface area contributed by atoms with E-state index in [1.54, 1.807) is 6.92 Å². The third-order valence-corrected chi connectivity index (χ3v) is 9.73. The maximum absolute atomic E-state index is 12.6. The lowest BCUT2D eigenvalue weighted by Gasteiger charge is -2.18. The van der Waals surface area contributed by atoms with Crippen LogP contribution in [0.1, 0.15) is 194 Å². The number of hydrogen-bond donors (Lipinski definition) is 2. The van der Waals surface area contributed by atoms with Crippen LogP contribution in [0.2, 0.25) is 0 Å². The summed E-state index contributed by atoms with van der Waals surface area (Å²) in [5.41, 5.74) is 0. The average Bonchev–Trinajstić information content (AvgIpc) is 3.20. The smallest absolute Gasteiger partial charge is 0.306 e. The number of rotatable bonds is 42. The summed E-state index contributed by atoms with van der Waals surface area (Å²) in [6, 6.07) is 0. The van der Waals surface area contributed by atoms with E-state index in [0.717, 1.165) is 103 Å². The molecule has 0 saturated heterocycles. The summed E-state index contributed by atoms with van der Waals surface area (Å²) in [7, 11) is 0. The molecule has 0 bridgehead atoms. The second-order valence-corrected chi connectivity index (χ2v) is 15.0. The average molecular weight is 797 g/mol. The van der Waals surface area contributed by atoms with E-state index in [-0.39, 0.29) is 63.4 Å². The third kappa shape index (κ3) is 37.3. The van der Waals surface area contributed by atoms with Crippen LogP contribution < -0.4 is 0 Å². The van der Waals surface area contributed by atoms with Gasteiger partial charge in [0.25, 0.3) is 0 Å². The molecule has 0 fully saturated rings. The number of carbonyl (C=O) groups is 3. The standard InChI is InChI=1S/C46H84O10/c1-4-7-9-23-29-41(52-37-35-47)31-25-19-15-11-13-17-21-27-33-45(50)55-40-43(39-54-44(49)6-3)56-46(51)34-28-22-18-14-12-16-20-26-32-42(53-38-36-48)30-24-10-8-5-2/h19-20,25-26,41-43,47-48H,4-18,21-24,27-40H2,1-3H3/b25-19+,26-20-. The Kier molecular flexibility index (Phi) is 40.6. The molecule has 3 unspecified atom stereocenters. The molecule has 0 radical (unpaired) electrons. The zero-order valence-electron chi connectivity index (χ0n) is 36.0. The van der Waals surface area contributed by atoms with Gasteiger partial charge in [-0.2, -0.15) is 0 Å². The minimum absolute atomic E-state index is 0.0597. The van der Waals surface area contributed by atoms with Gasteiger partial charge in [0, 0.05) is 19.3 Å². The zero-order valence-corrected chi connectivity index (χ0v) is 36.0. The number of carbonyl (C=O) groups excluding carboxylic acids is 3. The first-order chi connectivity index (χ1) is 27.4. The van der Waals surface area contributed by atoms with Gasteiger partial charge < -0.3 is 33.9 Å². The lowest BCUT2D eigenvalue weighted by molar-refractivity contribution is -0.166. The quantitative estimate of drug-likeness (QED) is 0.0266. The fourth-order valence-corrected chi connectivity index (χ4v) is 6.34. The summed E-state index contributed by atoms with van der Waals surface area (Å²) < 4.78 is 27.8. The van der Waals surface area contributed by atoms with E-state index in [1.165, 1.54) is 44.9 Å². The van der Waals surface area contributed by atoms with E-state index in [2.05, 4.69) is 38.2 Å². The van der Waals surface area contributed by atoms with Gasteiger partial charge >= 0.3 is 17.9 Å². The maximum atomic E-state index is 12.6. The van der Waals surface area contributed by atoms with Gasteiger partial charge in [-0.15, -0.1) is 0 Å². The summed E-state index contributed by atoms with van der Waals surface area (Å²) in [6.07, 6.45) is 34.6. The Morgan fingerprint density at radius 2 is 0.911 bits per heavy atom. The first-order valence-corrected chi connectivity index (χ1v) is 22.7. The summed E-state index contributed by atoms with van der Waals surface area (Å²) in [6.45, 7) is 6.78. The number of hydrogen-bond acceptors (Lipinski definition) is 10. The molecule has 0 aromatic heterocycles. The summed E-state index contributed by atoms with van der Waals surface area (Å²) in [4.78, 5) is 36.7. The molecule has 0 aliphatic carbocycles. The van der Waals surface area contributed by atoms with Gasteiger partial charge in [-0.05, 0) is 64.2 Å². The molecule has 2 N–H and O–H groups in total. The number of ether oxygens (including phenoxy) is 5. The molecule has 0 heterocycles. The van der Waals surface area contributed by atoms with Crippen molar-refractivity contribution in [3.05, 3.63) is 24.3 Å². The fraction of sp³-hybridized carbons (Fsp3) is 0.848. The predicted octanol–water partition coefficient (Wildman–Crippen LogP) is 10.4. The molecule has 0 aliphatic heterocycles. The molecule has 0 aliphatic rings. The van der Waals surface area contributed by atoms with Crippen LogP contribution in [0.3, 0.4) is 0 Å². The highest BCUT2D eigenvalue weighted by Crippen LogP contribution is 2.15. The van der Waals surface area contributed by atoms with Crippen LogP contribution in [0.25, 0.3) is 0 Å². The van der Waals surface area contributed by atoms with Crippen molar-refractivity contribution in [1.29, 1.82) is 0 Å². The zero-order chi connectivity index (χ0) is 41.2. The largest absolute Gasteiger partial charge is 0.462 e. The minimum Gasteiger partial charge on any atom is -0.462 e. The Bertz CT molecular complexity index is 952. The monoisotopic (exact) mass is 797 g/mol. The number of esters is 3. The molecule has 10 nitrogen and oxygen atoms in total. The van der Waals surface area contributed by atoms with Crippen LogP contribution in [-0.2, 0) is 38.1 Å². The lowest BCUT2D eigenvalue weighted by atomic mass is 10.1. The highest BCUT2D eigenvalue weighted by Gasteiger charge is 2.19. The molecule has 0 aromatic carbocycles. The normalized spacial score (nSPS) is 13.3. The third-order valence-electron chi connectivity index (χ3n) is 9.73. The molecule has 0 amide bonds. The van der Waals surface area contributed by atoms with Crippen molar-refractivity contribution in [2.75, 3.05) is 39.6 Å². The molecule has 328 valence electrons. The molecule has 0 saturated carbocycles. The Balaban J connectivity index is 4.21. The summed E-state index contributed by atoms with van der Waals surface area (Å²) in [5, 5.41) is 18.2. The molecule has 0 aromatic rings. The van der Waals surface area contributed by atoms with Crippen LogP contribution in [0.5, 0.6) is 0 Å². The van der Waals surface area contributed by atoms with Crippen molar-refractivity contribution in [3.8, 4) is 0 Å². The minimum atomic E-state index is -0.815. The topological polar surface area (TPSA) is 138 Å². The maximum Gasteiger partial charge on any atom is 0.306 e. The lowest BCUT2D eigenvalue weighted by Crippen LogP contribution is -2.30. The van der Waals surface area contributed by atoms with Crippen molar-refractivity contribution in [3.63, 3.8) is 0 Å². The SMILES string of the molecule is CCCCCCC(C/C=C\CCCCCCCC(=O)OC(COC(=O)CC)COC(=O)CCCCCCC/C=C/CC(CCCCCC)OCCO)OCCO. The van der Waals surface area contributed by atoms with E-state index in [0.29, 0.717) is 26.1 Å². The number of unbranched alkanes of at least 4 members (excludes halogenated alkanes) is 16. The van der Waals surface area contributed by atoms with Gasteiger partial charge in [-0.3, -0.25) is 14.4 Å². The van der Waals surface area contributed by atoms with Crippen LogP contribution >= 0.6 is 0 Å². The molecule has 56 heavy (non-hydrogen) atoms. The number of aliphatic hydroxyl groups excluding tert-OH is 2. The van der Waals surface area contributed by atoms with Crippen LogP contribution in [0.4, 0.5) is 0 Å². The first-order valence-electron chi connectivity index (χ1n) is 22.7. The predicted molar refractivity (Wildman–Crippen MR) is 225 cm³/mol. The Morgan fingerprint density at radius 3 is 1.38 bits per heavy atom. The first kappa shape index (κ1) is 53.7. The second-order valence-electron chi connectivity index (χ2n) is 15.0. The van der Waals surface area contributed by atoms with Gasteiger partial charge in [0.15, 0.2) is 6.10 Å².